The number of aliphatic hydroxyl groups is 1. The highest BCUT2D eigenvalue weighted by Crippen LogP contribution is 2.28. The van der Waals surface area contributed by atoms with Crippen LogP contribution in [0, 0.1) is 0 Å². The molecule has 1 aromatic carbocycles. The van der Waals surface area contributed by atoms with E-state index in [-0.39, 0.29) is 0 Å². The van der Waals surface area contributed by atoms with Crippen molar-refractivity contribution in [2.24, 2.45) is 0 Å². The van der Waals surface area contributed by atoms with E-state index in [0.717, 1.165) is 29.7 Å². The largest absolute Gasteiger partial charge is 0.490 e. The number of benzene rings is 1. The van der Waals surface area contributed by atoms with E-state index in [2.05, 4.69) is 10.2 Å². The molecule has 1 atom stereocenters. The molecule has 0 amide bonds. The van der Waals surface area contributed by atoms with Crippen molar-refractivity contribution in [2.45, 2.75) is 25.0 Å². The van der Waals surface area contributed by atoms with Crippen molar-refractivity contribution in [3.8, 4) is 5.75 Å². The standard InChI is InChI=1S/C14H14N2O2/c17-14(11-7-8-15-16-9-11)10-1-3-12(4-2-10)18-13-5-6-13/h1-4,7-9,13-14,17H,5-6H2. The third-order valence-electron chi connectivity index (χ3n) is 2.95. The van der Waals surface area contributed by atoms with Crippen LogP contribution in [0.2, 0.25) is 0 Å². The van der Waals surface area contributed by atoms with E-state index in [1.54, 1.807) is 18.5 Å². The highest BCUT2D eigenvalue weighted by Gasteiger charge is 2.23. The Labute approximate surface area is 105 Å². The first-order valence-electron chi connectivity index (χ1n) is 6.04. The quantitative estimate of drug-likeness (QED) is 0.892. The zero-order chi connectivity index (χ0) is 12.4. The molecule has 0 spiro atoms. The number of aliphatic hydroxyl groups excluding tert-OH is 1. The van der Waals surface area contributed by atoms with Crippen LogP contribution in [0.1, 0.15) is 30.1 Å². The van der Waals surface area contributed by atoms with Crippen molar-refractivity contribution in [3.05, 3.63) is 53.9 Å². The molecule has 4 nitrogen and oxygen atoms in total. The summed E-state index contributed by atoms with van der Waals surface area (Å²) in [6.45, 7) is 0. The Morgan fingerprint density at radius 2 is 1.83 bits per heavy atom. The van der Waals surface area contributed by atoms with Crippen molar-refractivity contribution >= 4 is 0 Å². The van der Waals surface area contributed by atoms with Gasteiger partial charge in [-0.1, -0.05) is 12.1 Å². The summed E-state index contributed by atoms with van der Waals surface area (Å²) in [5.74, 6) is 0.862. The first-order chi connectivity index (χ1) is 8.83. The van der Waals surface area contributed by atoms with E-state index in [1.807, 2.05) is 24.3 Å². The molecule has 1 aliphatic rings. The van der Waals surface area contributed by atoms with Gasteiger partial charge in [-0.15, -0.1) is 0 Å². The van der Waals surface area contributed by atoms with Gasteiger partial charge >= 0.3 is 0 Å². The molecule has 0 bridgehead atoms. The molecule has 1 saturated carbocycles. The van der Waals surface area contributed by atoms with Gasteiger partial charge in [0.2, 0.25) is 0 Å². The van der Waals surface area contributed by atoms with Gasteiger partial charge in [-0.05, 0) is 36.6 Å². The maximum atomic E-state index is 10.2. The van der Waals surface area contributed by atoms with Crippen molar-refractivity contribution in [1.82, 2.24) is 10.2 Å². The average Bonchev–Trinajstić information content (AvgIpc) is 3.24. The van der Waals surface area contributed by atoms with E-state index in [9.17, 15) is 5.11 Å². The van der Waals surface area contributed by atoms with Crippen LogP contribution in [-0.4, -0.2) is 21.4 Å². The van der Waals surface area contributed by atoms with Gasteiger partial charge in [0, 0.05) is 11.8 Å². The summed E-state index contributed by atoms with van der Waals surface area (Å²) in [5, 5.41) is 17.6. The number of nitrogens with zero attached hydrogens (tertiary/aromatic N) is 2. The summed E-state index contributed by atoms with van der Waals surface area (Å²) < 4.78 is 5.66. The maximum Gasteiger partial charge on any atom is 0.119 e. The summed E-state index contributed by atoms with van der Waals surface area (Å²) in [5.41, 5.74) is 1.56. The van der Waals surface area contributed by atoms with Crippen LogP contribution in [0.3, 0.4) is 0 Å². The molecular weight excluding hydrogens is 228 g/mol. The number of hydrogen-bond donors (Lipinski definition) is 1. The third-order valence-corrected chi connectivity index (χ3v) is 2.95. The lowest BCUT2D eigenvalue weighted by Gasteiger charge is -2.11. The fourth-order valence-electron chi connectivity index (χ4n) is 1.76. The maximum absolute atomic E-state index is 10.2. The molecular formula is C14H14N2O2. The van der Waals surface area contributed by atoms with Crippen LogP contribution in [0.4, 0.5) is 0 Å². The normalized spacial score (nSPS) is 16.3. The second-order valence-electron chi connectivity index (χ2n) is 4.46. The smallest absolute Gasteiger partial charge is 0.119 e. The molecule has 4 heteroatoms. The molecule has 1 aromatic heterocycles. The van der Waals surface area contributed by atoms with Gasteiger partial charge in [0.15, 0.2) is 0 Å². The van der Waals surface area contributed by atoms with Crippen LogP contribution < -0.4 is 4.74 Å². The molecule has 2 aromatic rings. The number of hydrogen-bond acceptors (Lipinski definition) is 4. The van der Waals surface area contributed by atoms with Gasteiger partial charge in [-0.25, -0.2) is 0 Å². The molecule has 1 unspecified atom stereocenters. The van der Waals surface area contributed by atoms with E-state index < -0.39 is 6.10 Å². The molecule has 1 aliphatic carbocycles. The van der Waals surface area contributed by atoms with Crippen molar-refractivity contribution in [2.75, 3.05) is 0 Å². The number of ether oxygens (including phenoxy) is 1. The van der Waals surface area contributed by atoms with Crippen LogP contribution in [0.25, 0.3) is 0 Å². The second kappa shape index (κ2) is 4.74. The minimum absolute atomic E-state index is 0.394. The Balaban J connectivity index is 1.75. The average molecular weight is 242 g/mol. The third kappa shape index (κ3) is 2.49. The van der Waals surface area contributed by atoms with Gasteiger partial charge in [0.1, 0.15) is 11.9 Å². The van der Waals surface area contributed by atoms with Crippen LogP contribution in [0.5, 0.6) is 5.75 Å². The van der Waals surface area contributed by atoms with Gasteiger partial charge in [-0.2, -0.15) is 10.2 Å². The predicted octanol–water partition coefficient (Wildman–Crippen LogP) is 2.10. The minimum Gasteiger partial charge on any atom is -0.490 e. The zero-order valence-corrected chi connectivity index (χ0v) is 9.86. The van der Waals surface area contributed by atoms with Gasteiger partial charge in [0.05, 0.1) is 12.3 Å². The van der Waals surface area contributed by atoms with E-state index in [0.29, 0.717) is 6.10 Å². The highest BCUT2D eigenvalue weighted by atomic mass is 16.5. The molecule has 1 N–H and O–H groups in total. The summed E-state index contributed by atoms with van der Waals surface area (Å²) >= 11 is 0. The van der Waals surface area contributed by atoms with Crippen LogP contribution >= 0.6 is 0 Å². The topological polar surface area (TPSA) is 55.2 Å². The SMILES string of the molecule is OC(c1ccc(OC2CC2)cc1)c1ccnnc1. The Morgan fingerprint density at radius 1 is 1.06 bits per heavy atom. The zero-order valence-electron chi connectivity index (χ0n) is 9.86. The highest BCUT2D eigenvalue weighted by molar-refractivity contribution is 5.33. The molecule has 0 aliphatic heterocycles. The fourth-order valence-corrected chi connectivity index (χ4v) is 1.76. The molecule has 3 rings (SSSR count). The van der Waals surface area contributed by atoms with E-state index in [1.165, 1.54) is 0 Å². The fraction of sp³-hybridized carbons (Fsp3) is 0.286. The van der Waals surface area contributed by atoms with Crippen molar-refractivity contribution in [1.29, 1.82) is 0 Å². The summed E-state index contributed by atoms with van der Waals surface area (Å²) in [6, 6.07) is 9.30. The number of rotatable bonds is 4. The Bertz CT molecular complexity index is 509. The van der Waals surface area contributed by atoms with Gasteiger partial charge in [-0.3, -0.25) is 0 Å². The monoisotopic (exact) mass is 242 g/mol. The Hall–Kier alpha value is -1.94. The lowest BCUT2D eigenvalue weighted by Crippen LogP contribution is -2.01. The minimum atomic E-state index is -0.671. The lowest BCUT2D eigenvalue weighted by molar-refractivity contribution is 0.219. The molecule has 1 heterocycles. The van der Waals surface area contributed by atoms with Crippen molar-refractivity contribution in [3.63, 3.8) is 0 Å². The van der Waals surface area contributed by atoms with Gasteiger partial charge in [0.25, 0.3) is 0 Å². The molecule has 92 valence electrons. The predicted molar refractivity (Wildman–Crippen MR) is 66.2 cm³/mol. The Kier molecular flexibility index (Phi) is 2.94. The summed E-state index contributed by atoms with van der Waals surface area (Å²) in [4.78, 5) is 0. The van der Waals surface area contributed by atoms with E-state index in [4.69, 9.17) is 4.74 Å². The van der Waals surface area contributed by atoms with E-state index >= 15 is 0 Å². The first-order valence-corrected chi connectivity index (χ1v) is 6.04. The summed E-state index contributed by atoms with van der Waals surface area (Å²) in [6.07, 6.45) is 5.16. The number of aromatic nitrogens is 2. The second-order valence-corrected chi connectivity index (χ2v) is 4.46. The Morgan fingerprint density at radius 3 is 2.44 bits per heavy atom. The molecule has 0 saturated heterocycles. The van der Waals surface area contributed by atoms with Crippen LogP contribution in [-0.2, 0) is 0 Å². The molecule has 0 radical (unpaired) electrons. The first kappa shape index (κ1) is 11.2. The van der Waals surface area contributed by atoms with Gasteiger partial charge < -0.3 is 9.84 Å². The molecule has 1 fully saturated rings. The molecule has 18 heavy (non-hydrogen) atoms. The lowest BCUT2D eigenvalue weighted by atomic mass is 10.0. The van der Waals surface area contributed by atoms with Crippen molar-refractivity contribution < 1.29 is 9.84 Å². The van der Waals surface area contributed by atoms with Crippen LogP contribution in [0.15, 0.2) is 42.7 Å². The summed E-state index contributed by atoms with van der Waals surface area (Å²) in [7, 11) is 0.